The van der Waals surface area contributed by atoms with E-state index in [2.05, 4.69) is 15.6 Å². The molecule has 0 radical (unpaired) electrons. The lowest BCUT2D eigenvalue weighted by molar-refractivity contribution is -0.127. The zero-order valence-electron chi connectivity index (χ0n) is 18.9. The van der Waals surface area contributed by atoms with E-state index in [0.29, 0.717) is 17.4 Å². The second-order valence-corrected chi connectivity index (χ2v) is 11.1. The van der Waals surface area contributed by atoms with Crippen molar-refractivity contribution < 1.29 is 9.21 Å². The lowest BCUT2D eigenvalue weighted by Gasteiger charge is -2.56. The van der Waals surface area contributed by atoms with Gasteiger partial charge < -0.3 is 15.1 Å². The number of hydrogen-bond donors (Lipinski definition) is 2. The summed E-state index contributed by atoms with van der Waals surface area (Å²) in [6.07, 6.45) is 8.42. The van der Waals surface area contributed by atoms with Gasteiger partial charge in [0, 0.05) is 17.7 Å². The van der Waals surface area contributed by atoms with Crippen molar-refractivity contribution in [3.8, 4) is 11.5 Å². The van der Waals surface area contributed by atoms with E-state index in [4.69, 9.17) is 16.6 Å². The highest BCUT2D eigenvalue weighted by Gasteiger charge is 2.51. The molecule has 4 bridgehead atoms. The van der Waals surface area contributed by atoms with E-state index in [1.807, 2.05) is 49.4 Å². The van der Waals surface area contributed by atoms with Crippen LogP contribution in [0.5, 0.6) is 0 Å². The standard InChI is InChI=1S/C27H29N3O2S/c1-16-5-6-23-22(7-16)29-25(32-23)20-3-2-4-21(11-20)28-26(33)30-24(31)15-27-12-17-8-18(13-27)10-19(9-17)14-27/h2-7,11,17-19H,8-10,12-15H2,1H3,(H2,28,30,31,33). The molecular weight excluding hydrogens is 430 g/mol. The number of rotatable bonds is 4. The summed E-state index contributed by atoms with van der Waals surface area (Å²) in [5.41, 5.74) is 4.62. The number of nitrogens with zero attached hydrogens (tertiary/aromatic N) is 1. The molecule has 1 aromatic heterocycles. The predicted molar refractivity (Wildman–Crippen MR) is 134 cm³/mol. The van der Waals surface area contributed by atoms with Gasteiger partial charge in [0.2, 0.25) is 11.8 Å². The van der Waals surface area contributed by atoms with E-state index < -0.39 is 0 Å². The number of oxazole rings is 1. The summed E-state index contributed by atoms with van der Waals surface area (Å²) < 4.78 is 5.93. The van der Waals surface area contributed by atoms with Crippen molar-refractivity contribution in [2.45, 2.75) is 51.9 Å². The number of anilines is 1. The summed E-state index contributed by atoms with van der Waals surface area (Å²) >= 11 is 5.47. The Morgan fingerprint density at radius 1 is 1.09 bits per heavy atom. The van der Waals surface area contributed by atoms with Gasteiger partial charge in [-0.1, -0.05) is 12.1 Å². The molecule has 5 nitrogen and oxygen atoms in total. The number of fused-ring (bicyclic) bond motifs is 1. The fourth-order valence-electron chi connectivity index (χ4n) is 7.07. The quantitative estimate of drug-likeness (QED) is 0.453. The van der Waals surface area contributed by atoms with E-state index in [1.54, 1.807) is 0 Å². The van der Waals surface area contributed by atoms with Crippen LogP contribution in [0.15, 0.2) is 46.9 Å². The molecule has 33 heavy (non-hydrogen) atoms. The van der Waals surface area contributed by atoms with E-state index in [1.165, 1.54) is 38.5 Å². The van der Waals surface area contributed by atoms with Crippen molar-refractivity contribution in [1.82, 2.24) is 10.3 Å². The number of thiocarbonyl (C=S) groups is 1. The summed E-state index contributed by atoms with van der Waals surface area (Å²) in [6.45, 7) is 2.04. The normalized spacial score (nSPS) is 27.6. The van der Waals surface area contributed by atoms with E-state index in [-0.39, 0.29) is 11.3 Å². The highest BCUT2D eigenvalue weighted by Crippen LogP contribution is 2.61. The molecule has 0 unspecified atom stereocenters. The molecule has 0 spiro atoms. The Morgan fingerprint density at radius 2 is 1.82 bits per heavy atom. The van der Waals surface area contributed by atoms with Gasteiger partial charge in [-0.15, -0.1) is 0 Å². The van der Waals surface area contributed by atoms with Crippen LogP contribution in [0.3, 0.4) is 0 Å². The molecule has 7 rings (SSSR count). The van der Waals surface area contributed by atoms with Crippen LogP contribution in [0, 0.1) is 30.1 Å². The maximum atomic E-state index is 12.9. The zero-order valence-corrected chi connectivity index (χ0v) is 19.7. The second-order valence-electron chi connectivity index (χ2n) is 10.7. The number of amides is 1. The van der Waals surface area contributed by atoms with Crippen LogP contribution in [0.2, 0.25) is 0 Å². The predicted octanol–water partition coefficient (Wildman–Crippen LogP) is 6.22. The summed E-state index contributed by atoms with van der Waals surface area (Å²) in [7, 11) is 0. The van der Waals surface area contributed by atoms with Crippen LogP contribution in [0.1, 0.15) is 50.5 Å². The second kappa shape index (κ2) is 7.94. The maximum Gasteiger partial charge on any atom is 0.227 e. The number of hydrogen-bond acceptors (Lipinski definition) is 4. The highest BCUT2D eigenvalue weighted by molar-refractivity contribution is 7.80. The number of benzene rings is 2. The van der Waals surface area contributed by atoms with Crippen LogP contribution in [-0.4, -0.2) is 16.0 Å². The molecule has 6 heteroatoms. The third-order valence-electron chi connectivity index (χ3n) is 7.86. The van der Waals surface area contributed by atoms with Crippen molar-refractivity contribution in [2.24, 2.45) is 23.2 Å². The monoisotopic (exact) mass is 459 g/mol. The van der Waals surface area contributed by atoms with Gasteiger partial charge in [-0.3, -0.25) is 4.79 Å². The first kappa shape index (κ1) is 20.8. The average Bonchev–Trinajstić information content (AvgIpc) is 3.15. The minimum atomic E-state index is 0.0416. The minimum Gasteiger partial charge on any atom is -0.436 e. The Bertz CT molecular complexity index is 1210. The fraction of sp³-hybridized carbons (Fsp3) is 0.444. The number of carbonyl (C=O) groups excluding carboxylic acids is 1. The SMILES string of the molecule is Cc1ccc2oc(-c3cccc(NC(=S)NC(=O)CC45CC6CC(CC(C6)C4)C5)c3)nc2c1. The molecule has 0 atom stereocenters. The molecule has 4 aliphatic carbocycles. The van der Waals surface area contributed by atoms with Crippen molar-refractivity contribution in [2.75, 3.05) is 5.32 Å². The summed E-state index contributed by atoms with van der Waals surface area (Å²) in [5.74, 6) is 3.13. The Hall–Kier alpha value is -2.73. The van der Waals surface area contributed by atoms with Crippen LogP contribution >= 0.6 is 12.2 Å². The van der Waals surface area contributed by atoms with Gasteiger partial charge in [-0.2, -0.15) is 0 Å². The van der Waals surface area contributed by atoms with Gasteiger partial charge >= 0.3 is 0 Å². The summed E-state index contributed by atoms with van der Waals surface area (Å²) in [4.78, 5) is 17.5. The number of aromatic nitrogens is 1. The van der Waals surface area contributed by atoms with E-state index >= 15 is 0 Å². The maximum absolute atomic E-state index is 12.9. The largest absolute Gasteiger partial charge is 0.436 e. The van der Waals surface area contributed by atoms with Gasteiger partial charge in [-0.25, -0.2) is 4.98 Å². The molecular formula is C27H29N3O2S. The molecule has 2 N–H and O–H groups in total. The fourth-order valence-corrected chi connectivity index (χ4v) is 7.30. The van der Waals surface area contributed by atoms with E-state index in [0.717, 1.165) is 45.7 Å². The van der Waals surface area contributed by atoms with Crippen LogP contribution < -0.4 is 10.6 Å². The van der Waals surface area contributed by atoms with Gasteiger partial charge in [0.15, 0.2) is 10.7 Å². The lowest BCUT2D eigenvalue weighted by Crippen LogP contribution is -2.48. The first-order valence-electron chi connectivity index (χ1n) is 12.0. The minimum absolute atomic E-state index is 0.0416. The molecule has 4 saturated carbocycles. The topological polar surface area (TPSA) is 67.2 Å². The van der Waals surface area contributed by atoms with Gasteiger partial charge in [0.25, 0.3) is 0 Å². The Morgan fingerprint density at radius 3 is 2.55 bits per heavy atom. The van der Waals surface area contributed by atoms with Crippen molar-refractivity contribution in [3.63, 3.8) is 0 Å². The van der Waals surface area contributed by atoms with Crippen molar-refractivity contribution >= 4 is 40.0 Å². The van der Waals surface area contributed by atoms with Gasteiger partial charge in [0.1, 0.15) is 5.52 Å². The van der Waals surface area contributed by atoms with Crippen LogP contribution in [0.4, 0.5) is 5.69 Å². The lowest BCUT2D eigenvalue weighted by atomic mass is 9.49. The average molecular weight is 460 g/mol. The van der Waals surface area contributed by atoms with Gasteiger partial charge in [-0.05, 0) is 117 Å². The Labute approximate surface area is 199 Å². The highest BCUT2D eigenvalue weighted by atomic mass is 32.1. The smallest absolute Gasteiger partial charge is 0.227 e. The first-order chi connectivity index (χ1) is 15.9. The third-order valence-corrected chi connectivity index (χ3v) is 8.07. The molecule has 0 aliphatic heterocycles. The Kier molecular flexibility index (Phi) is 5.02. The van der Waals surface area contributed by atoms with Crippen molar-refractivity contribution in [3.05, 3.63) is 48.0 Å². The summed E-state index contributed by atoms with van der Waals surface area (Å²) in [5, 5.41) is 6.44. The third kappa shape index (κ3) is 4.17. The zero-order chi connectivity index (χ0) is 22.6. The van der Waals surface area contributed by atoms with Crippen LogP contribution in [0.25, 0.3) is 22.6 Å². The molecule has 170 valence electrons. The Balaban J connectivity index is 1.11. The molecule has 1 heterocycles. The number of nitrogens with one attached hydrogen (secondary N) is 2. The number of aryl methyl sites for hydroxylation is 1. The molecule has 1 amide bonds. The first-order valence-corrected chi connectivity index (χ1v) is 12.4. The van der Waals surface area contributed by atoms with Gasteiger partial charge in [0.05, 0.1) is 0 Å². The molecule has 3 aromatic rings. The number of carbonyl (C=O) groups is 1. The molecule has 4 fully saturated rings. The van der Waals surface area contributed by atoms with Crippen LogP contribution in [-0.2, 0) is 4.79 Å². The molecule has 2 aromatic carbocycles. The molecule has 0 saturated heterocycles. The van der Waals surface area contributed by atoms with Crippen molar-refractivity contribution in [1.29, 1.82) is 0 Å². The van der Waals surface area contributed by atoms with E-state index in [9.17, 15) is 4.79 Å². The molecule has 4 aliphatic rings. The summed E-state index contributed by atoms with van der Waals surface area (Å²) in [6, 6.07) is 13.7.